The van der Waals surface area contributed by atoms with Crippen molar-refractivity contribution in [2.75, 3.05) is 18.5 Å². The summed E-state index contributed by atoms with van der Waals surface area (Å²) < 4.78 is 25.2. The molecule has 0 saturated heterocycles. The molecule has 0 fully saturated rings. The molecule has 0 amide bonds. The van der Waals surface area contributed by atoms with Gasteiger partial charge in [-0.25, -0.2) is 0 Å². The Morgan fingerprint density at radius 3 is 2.60 bits per heavy atom. The van der Waals surface area contributed by atoms with Crippen LogP contribution in [0.5, 0.6) is 0 Å². The van der Waals surface area contributed by atoms with Gasteiger partial charge in [-0.2, -0.15) is 18.7 Å². The van der Waals surface area contributed by atoms with Crippen molar-refractivity contribution in [3.8, 4) is 0 Å². The number of rotatable bonds is 4. The maximum absolute atomic E-state index is 12.6. The maximum atomic E-state index is 12.6. The van der Waals surface area contributed by atoms with E-state index in [9.17, 15) is 8.78 Å². The third-order valence-corrected chi connectivity index (χ3v) is 1.84. The van der Waals surface area contributed by atoms with E-state index in [0.29, 0.717) is 6.54 Å². The molecule has 6 heteroatoms. The van der Waals surface area contributed by atoms with Gasteiger partial charge in [0, 0.05) is 24.6 Å². The summed E-state index contributed by atoms with van der Waals surface area (Å²) in [6.07, 6.45) is -1.11. The van der Waals surface area contributed by atoms with Crippen molar-refractivity contribution in [1.29, 1.82) is 0 Å². The van der Waals surface area contributed by atoms with Crippen molar-refractivity contribution < 1.29 is 13.9 Å². The van der Waals surface area contributed by atoms with Crippen LogP contribution in [0.3, 0.4) is 0 Å². The smallest absolute Gasteiger partial charge is 0.313 e. The molecule has 1 aromatic rings. The summed E-state index contributed by atoms with van der Waals surface area (Å²) in [6, 6.07) is 0.997. The van der Waals surface area contributed by atoms with Gasteiger partial charge in [-0.1, -0.05) is 13.8 Å². The van der Waals surface area contributed by atoms with E-state index < -0.39 is 12.0 Å². The summed E-state index contributed by atoms with van der Waals surface area (Å²) in [5.41, 5.74) is -0.377. The second-order valence-corrected chi connectivity index (χ2v) is 4.02. The number of aliphatic hydroxyl groups excluding tert-OH is 1. The Labute approximate surface area is 86.4 Å². The first-order valence-corrected chi connectivity index (χ1v) is 4.48. The zero-order chi connectivity index (χ0) is 11.5. The van der Waals surface area contributed by atoms with Gasteiger partial charge in [-0.3, -0.25) is 0 Å². The van der Waals surface area contributed by atoms with Crippen LogP contribution < -0.4 is 5.32 Å². The van der Waals surface area contributed by atoms with Crippen molar-refractivity contribution in [3.05, 3.63) is 18.1 Å². The minimum atomic E-state index is -1.11. The molecule has 1 heterocycles. The van der Waals surface area contributed by atoms with Crippen LogP contribution in [0.15, 0.2) is 6.07 Å². The van der Waals surface area contributed by atoms with Crippen molar-refractivity contribution >= 4 is 5.82 Å². The van der Waals surface area contributed by atoms with Crippen LogP contribution in [-0.2, 0) is 0 Å². The molecule has 0 aromatic carbocycles. The molecule has 0 spiro atoms. The minimum absolute atomic E-state index is 0.0317. The number of nitrogens with zero attached hydrogens (tertiary/aromatic N) is 2. The highest BCUT2D eigenvalue weighted by atomic mass is 19.1. The third kappa shape index (κ3) is 3.75. The van der Waals surface area contributed by atoms with Crippen molar-refractivity contribution in [1.82, 2.24) is 9.97 Å². The van der Waals surface area contributed by atoms with E-state index in [4.69, 9.17) is 5.11 Å². The number of halogens is 2. The Bertz CT molecular complexity index is 324. The Hall–Kier alpha value is -1.30. The highest BCUT2D eigenvalue weighted by molar-refractivity contribution is 5.32. The molecule has 84 valence electrons. The third-order valence-electron chi connectivity index (χ3n) is 1.84. The minimum Gasteiger partial charge on any atom is -0.396 e. The number of aromatic nitrogens is 2. The molecule has 1 aromatic heterocycles. The summed E-state index contributed by atoms with van der Waals surface area (Å²) in [5.74, 6) is -0.853. The molecule has 0 saturated carbocycles. The standard InChI is InChI=1S/C9H13F2N3O/c1-9(2,5-15)4-12-7-3-6(10)13-8(11)14-7/h3,15H,4-5H2,1-2H3,(H,12,13,14). The molecule has 15 heavy (non-hydrogen) atoms. The zero-order valence-electron chi connectivity index (χ0n) is 8.59. The zero-order valence-corrected chi connectivity index (χ0v) is 8.59. The molecule has 0 aliphatic heterocycles. The number of nitrogens with one attached hydrogen (secondary N) is 1. The van der Waals surface area contributed by atoms with Crippen LogP contribution in [0.25, 0.3) is 0 Å². The summed E-state index contributed by atoms with van der Waals surface area (Å²) in [6.45, 7) is 3.96. The fraction of sp³-hybridized carbons (Fsp3) is 0.556. The lowest BCUT2D eigenvalue weighted by Crippen LogP contribution is -2.27. The van der Waals surface area contributed by atoms with Gasteiger partial charge in [0.05, 0.1) is 0 Å². The van der Waals surface area contributed by atoms with Crippen LogP contribution in [0.4, 0.5) is 14.6 Å². The van der Waals surface area contributed by atoms with Crippen LogP contribution in [0, 0.1) is 17.4 Å². The fourth-order valence-corrected chi connectivity index (χ4v) is 0.866. The Balaban J connectivity index is 2.65. The molecule has 1 rings (SSSR count). The second-order valence-electron chi connectivity index (χ2n) is 4.02. The number of aliphatic hydroxyl groups is 1. The summed E-state index contributed by atoms with van der Waals surface area (Å²) in [7, 11) is 0. The largest absolute Gasteiger partial charge is 0.396 e. The van der Waals surface area contributed by atoms with Crippen molar-refractivity contribution in [2.24, 2.45) is 5.41 Å². The lowest BCUT2D eigenvalue weighted by Gasteiger charge is -2.21. The normalized spacial score (nSPS) is 11.5. The van der Waals surface area contributed by atoms with Gasteiger partial charge in [0.15, 0.2) is 0 Å². The van der Waals surface area contributed by atoms with E-state index in [1.807, 2.05) is 13.8 Å². The molecule has 0 bridgehead atoms. The molecule has 2 N–H and O–H groups in total. The molecular weight excluding hydrogens is 204 g/mol. The first kappa shape index (κ1) is 11.8. The fourth-order valence-electron chi connectivity index (χ4n) is 0.866. The van der Waals surface area contributed by atoms with Gasteiger partial charge >= 0.3 is 6.08 Å². The van der Waals surface area contributed by atoms with Crippen LogP contribution in [0.2, 0.25) is 0 Å². The van der Waals surface area contributed by atoms with Gasteiger partial charge in [0.25, 0.3) is 0 Å². The Morgan fingerprint density at radius 1 is 1.40 bits per heavy atom. The van der Waals surface area contributed by atoms with Gasteiger partial charge in [0.1, 0.15) is 5.82 Å². The van der Waals surface area contributed by atoms with Crippen LogP contribution >= 0.6 is 0 Å². The van der Waals surface area contributed by atoms with E-state index in [1.165, 1.54) is 0 Å². The highest BCUT2D eigenvalue weighted by Gasteiger charge is 2.16. The number of hydrogen-bond donors (Lipinski definition) is 2. The molecule has 0 aliphatic carbocycles. The van der Waals surface area contributed by atoms with E-state index in [2.05, 4.69) is 15.3 Å². The Morgan fingerprint density at radius 2 is 2.07 bits per heavy atom. The number of anilines is 1. The monoisotopic (exact) mass is 217 g/mol. The van der Waals surface area contributed by atoms with Gasteiger partial charge in [-0.05, 0) is 0 Å². The average Bonchev–Trinajstić information content (AvgIpc) is 2.14. The SMILES string of the molecule is CC(C)(CO)CNc1cc(F)nc(F)n1. The van der Waals surface area contributed by atoms with E-state index in [0.717, 1.165) is 6.07 Å². The first-order valence-electron chi connectivity index (χ1n) is 4.48. The van der Waals surface area contributed by atoms with Gasteiger partial charge in [0.2, 0.25) is 5.95 Å². The van der Waals surface area contributed by atoms with E-state index in [-0.39, 0.29) is 17.8 Å². The van der Waals surface area contributed by atoms with E-state index in [1.54, 1.807) is 0 Å². The lowest BCUT2D eigenvalue weighted by atomic mass is 9.95. The maximum Gasteiger partial charge on any atom is 0.313 e. The van der Waals surface area contributed by atoms with Gasteiger partial charge in [-0.15, -0.1) is 0 Å². The first-order chi connectivity index (χ1) is 6.93. The van der Waals surface area contributed by atoms with Crippen LogP contribution in [0.1, 0.15) is 13.8 Å². The summed E-state index contributed by atoms with van der Waals surface area (Å²) in [4.78, 5) is 6.23. The predicted octanol–water partition coefficient (Wildman–Crippen LogP) is 1.19. The quantitative estimate of drug-likeness (QED) is 0.587. The van der Waals surface area contributed by atoms with Gasteiger partial charge < -0.3 is 10.4 Å². The lowest BCUT2D eigenvalue weighted by molar-refractivity contribution is 0.170. The molecule has 0 radical (unpaired) electrons. The molecular formula is C9H13F2N3O. The van der Waals surface area contributed by atoms with Crippen molar-refractivity contribution in [2.45, 2.75) is 13.8 Å². The van der Waals surface area contributed by atoms with E-state index >= 15 is 0 Å². The second kappa shape index (κ2) is 4.48. The summed E-state index contributed by atoms with van der Waals surface area (Å²) in [5, 5.41) is 11.7. The molecule has 4 nitrogen and oxygen atoms in total. The molecule has 0 unspecified atom stereocenters. The van der Waals surface area contributed by atoms with Crippen molar-refractivity contribution in [3.63, 3.8) is 0 Å². The average molecular weight is 217 g/mol. The predicted molar refractivity (Wildman–Crippen MR) is 51.3 cm³/mol. The Kier molecular flexibility index (Phi) is 3.52. The summed E-state index contributed by atoms with van der Waals surface area (Å²) >= 11 is 0. The topological polar surface area (TPSA) is 58.0 Å². The van der Waals surface area contributed by atoms with Crippen LogP contribution in [-0.4, -0.2) is 28.2 Å². The highest BCUT2D eigenvalue weighted by Crippen LogP contribution is 2.14. The molecule has 0 aliphatic rings. The molecule has 0 atom stereocenters. The number of hydrogen-bond acceptors (Lipinski definition) is 4.